The van der Waals surface area contributed by atoms with Crippen molar-refractivity contribution in [3.05, 3.63) is 25.3 Å². The van der Waals surface area contributed by atoms with E-state index in [0.29, 0.717) is 5.41 Å². The van der Waals surface area contributed by atoms with Crippen LogP contribution in [-0.4, -0.2) is 31.1 Å². The zero-order valence-corrected chi connectivity index (χ0v) is 12.6. The molecule has 0 aliphatic rings. The van der Waals surface area contributed by atoms with Crippen molar-refractivity contribution in [3.8, 4) is 0 Å². The van der Waals surface area contributed by atoms with Gasteiger partial charge in [-0.2, -0.15) is 0 Å². The molecule has 0 bridgehead atoms. The average Bonchev–Trinajstić information content (AvgIpc) is 2.27. The van der Waals surface area contributed by atoms with E-state index in [2.05, 4.69) is 38.8 Å². The molecule has 0 heterocycles. The molecule has 0 aromatic heterocycles. The van der Waals surface area contributed by atoms with Crippen molar-refractivity contribution >= 4 is 0 Å². The van der Waals surface area contributed by atoms with Crippen LogP contribution in [0.3, 0.4) is 0 Å². The summed E-state index contributed by atoms with van der Waals surface area (Å²) in [7, 11) is 0. The van der Waals surface area contributed by atoms with Crippen LogP contribution in [0.25, 0.3) is 0 Å². The van der Waals surface area contributed by atoms with Crippen LogP contribution in [-0.2, 0) is 0 Å². The first-order valence-corrected chi connectivity index (χ1v) is 7.10. The van der Waals surface area contributed by atoms with Crippen LogP contribution in [0.4, 0.5) is 0 Å². The Morgan fingerprint density at radius 2 is 1.67 bits per heavy atom. The molecule has 0 saturated heterocycles. The molecule has 1 unspecified atom stereocenters. The van der Waals surface area contributed by atoms with Crippen LogP contribution in [0.5, 0.6) is 0 Å². The standard InChI is InChI=1S/C16H32N2/c1-6-12-18(13-7-2)14-8-9-15(10-11-17)16(3,4)5/h6-7,15H,1-2,8-14,17H2,3-5H3. The first-order chi connectivity index (χ1) is 8.45. The number of rotatable bonds is 10. The molecule has 18 heavy (non-hydrogen) atoms. The van der Waals surface area contributed by atoms with Crippen LogP contribution < -0.4 is 5.73 Å². The predicted molar refractivity (Wildman–Crippen MR) is 82.7 cm³/mol. The minimum Gasteiger partial charge on any atom is -0.330 e. The second-order valence-corrected chi connectivity index (χ2v) is 6.12. The quantitative estimate of drug-likeness (QED) is 0.603. The van der Waals surface area contributed by atoms with E-state index in [1.54, 1.807) is 0 Å². The Labute approximate surface area is 114 Å². The summed E-state index contributed by atoms with van der Waals surface area (Å²) < 4.78 is 0. The summed E-state index contributed by atoms with van der Waals surface area (Å²) >= 11 is 0. The highest BCUT2D eigenvalue weighted by molar-refractivity contribution is 4.80. The van der Waals surface area contributed by atoms with Crippen molar-refractivity contribution in [3.63, 3.8) is 0 Å². The number of hydrogen-bond acceptors (Lipinski definition) is 2. The van der Waals surface area contributed by atoms with Crippen LogP contribution in [0, 0.1) is 11.3 Å². The maximum absolute atomic E-state index is 5.72. The van der Waals surface area contributed by atoms with Gasteiger partial charge >= 0.3 is 0 Å². The molecule has 0 aromatic rings. The Balaban J connectivity index is 4.10. The normalized spacial score (nSPS) is 13.6. The molecule has 2 nitrogen and oxygen atoms in total. The van der Waals surface area contributed by atoms with Crippen molar-refractivity contribution in [2.75, 3.05) is 26.2 Å². The Kier molecular flexibility index (Phi) is 9.03. The summed E-state index contributed by atoms with van der Waals surface area (Å²) in [5.41, 5.74) is 6.08. The number of hydrogen-bond donors (Lipinski definition) is 1. The first kappa shape index (κ1) is 17.4. The average molecular weight is 252 g/mol. The number of nitrogens with two attached hydrogens (primary N) is 1. The van der Waals surface area contributed by atoms with E-state index in [1.807, 2.05) is 12.2 Å². The molecule has 106 valence electrons. The highest BCUT2D eigenvalue weighted by atomic mass is 15.1. The molecule has 0 spiro atoms. The van der Waals surface area contributed by atoms with Gasteiger partial charge in [-0.1, -0.05) is 32.9 Å². The van der Waals surface area contributed by atoms with E-state index in [4.69, 9.17) is 5.73 Å². The van der Waals surface area contributed by atoms with Gasteiger partial charge in [-0.25, -0.2) is 0 Å². The molecule has 0 saturated carbocycles. The lowest BCUT2D eigenvalue weighted by Gasteiger charge is -2.31. The lowest BCUT2D eigenvalue weighted by atomic mass is 9.76. The van der Waals surface area contributed by atoms with Crippen LogP contribution in [0.1, 0.15) is 40.0 Å². The maximum atomic E-state index is 5.72. The van der Waals surface area contributed by atoms with Gasteiger partial charge in [0.15, 0.2) is 0 Å². The van der Waals surface area contributed by atoms with Gasteiger partial charge in [0.2, 0.25) is 0 Å². The minimum atomic E-state index is 0.362. The van der Waals surface area contributed by atoms with Crippen molar-refractivity contribution in [2.45, 2.75) is 40.0 Å². The van der Waals surface area contributed by atoms with Crippen molar-refractivity contribution in [1.82, 2.24) is 4.90 Å². The van der Waals surface area contributed by atoms with E-state index in [9.17, 15) is 0 Å². The summed E-state index contributed by atoms with van der Waals surface area (Å²) in [6.45, 7) is 18.4. The van der Waals surface area contributed by atoms with Crippen LogP contribution >= 0.6 is 0 Å². The molecular formula is C16H32N2. The summed E-state index contributed by atoms with van der Waals surface area (Å²) in [6, 6.07) is 0. The zero-order valence-electron chi connectivity index (χ0n) is 12.6. The number of nitrogens with zero attached hydrogens (tertiary/aromatic N) is 1. The summed E-state index contributed by atoms with van der Waals surface area (Å²) in [4.78, 5) is 2.38. The Hall–Kier alpha value is -0.600. The lowest BCUT2D eigenvalue weighted by molar-refractivity contribution is 0.200. The van der Waals surface area contributed by atoms with E-state index in [-0.39, 0.29) is 0 Å². The van der Waals surface area contributed by atoms with Gasteiger partial charge in [-0.3, -0.25) is 4.90 Å². The minimum absolute atomic E-state index is 0.362. The predicted octanol–water partition coefficient (Wildman–Crippen LogP) is 3.45. The van der Waals surface area contributed by atoms with E-state index >= 15 is 0 Å². The molecular weight excluding hydrogens is 220 g/mol. The van der Waals surface area contributed by atoms with Crippen molar-refractivity contribution < 1.29 is 0 Å². The molecule has 0 amide bonds. The largest absolute Gasteiger partial charge is 0.330 e. The smallest absolute Gasteiger partial charge is 0.0163 e. The third-order valence-corrected chi connectivity index (χ3v) is 3.54. The summed E-state index contributed by atoms with van der Waals surface area (Å²) in [5, 5.41) is 0. The second kappa shape index (κ2) is 9.35. The fraction of sp³-hybridized carbons (Fsp3) is 0.750. The summed E-state index contributed by atoms with van der Waals surface area (Å²) in [5.74, 6) is 0.719. The van der Waals surface area contributed by atoms with E-state index < -0.39 is 0 Å². The van der Waals surface area contributed by atoms with Crippen LogP contribution in [0.2, 0.25) is 0 Å². The van der Waals surface area contributed by atoms with Gasteiger partial charge in [-0.05, 0) is 43.7 Å². The maximum Gasteiger partial charge on any atom is 0.0163 e. The third kappa shape index (κ3) is 7.67. The highest BCUT2D eigenvalue weighted by Gasteiger charge is 2.23. The topological polar surface area (TPSA) is 29.3 Å². The third-order valence-electron chi connectivity index (χ3n) is 3.54. The highest BCUT2D eigenvalue weighted by Crippen LogP contribution is 2.32. The molecule has 0 aliphatic carbocycles. The zero-order chi connectivity index (χ0) is 14.0. The Morgan fingerprint density at radius 3 is 2.06 bits per heavy atom. The van der Waals surface area contributed by atoms with E-state index in [1.165, 1.54) is 12.8 Å². The lowest BCUT2D eigenvalue weighted by Crippen LogP contribution is -2.28. The first-order valence-electron chi connectivity index (χ1n) is 7.10. The van der Waals surface area contributed by atoms with Gasteiger partial charge < -0.3 is 5.73 Å². The van der Waals surface area contributed by atoms with Crippen molar-refractivity contribution in [1.29, 1.82) is 0 Å². The Bertz CT molecular complexity index is 218. The monoisotopic (exact) mass is 252 g/mol. The molecule has 2 heteroatoms. The molecule has 0 aromatic carbocycles. The van der Waals surface area contributed by atoms with E-state index in [0.717, 1.165) is 38.5 Å². The van der Waals surface area contributed by atoms with Gasteiger partial charge in [0, 0.05) is 13.1 Å². The molecule has 0 radical (unpaired) electrons. The van der Waals surface area contributed by atoms with Gasteiger partial charge in [-0.15, -0.1) is 13.2 Å². The fourth-order valence-corrected chi connectivity index (χ4v) is 2.40. The van der Waals surface area contributed by atoms with Gasteiger partial charge in [0.25, 0.3) is 0 Å². The Morgan fingerprint density at radius 1 is 1.11 bits per heavy atom. The molecule has 0 aliphatic heterocycles. The molecule has 0 rings (SSSR count). The molecule has 1 atom stereocenters. The molecule has 0 fully saturated rings. The molecule has 2 N–H and O–H groups in total. The van der Waals surface area contributed by atoms with Crippen molar-refractivity contribution in [2.24, 2.45) is 17.1 Å². The second-order valence-electron chi connectivity index (χ2n) is 6.12. The van der Waals surface area contributed by atoms with Gasteiger partial charge in [0.1, 0.15) is 0 Å². The fourth-order valence-electron chi connectivity index (χ4n) is 2.40. The van der Waals surface area contributed by atoms with Crippen LogP contribution in [0.15, 0.2) is 25.3 Å². The summed E-state index contributed by atoms with van der Waals surface area (Å²) in [6.07, 6.45) is 7.54. The SMILES string of the molecule is C=CCN(CC=C)CCCC(CCN)C(C)(C)C. The van der Waals surface area contributed by atoms with Gasteiger partial charge in [0.05, 0.1) is 0 Å².